The number of aryl methyl sites for hydroxylation is 2. The monoisotopic (exact) mass is 320 g/mol. The van der Waals surface area contributed by atoms with Gasteiger partial charge < -0.3 is 9.47 Å². The molecule has 24 heavy (non-hydrogen) atoms. The fourth-order valence-electron chi connectivity index (χ4n) is 2.87. The Hall–Kier alpha value is -2.88. The van der Waals surface area contributed by atoms with Gasteiger partial charge in [0.2, 0.25) is 5.91 Å². The minimum absolute atomic E-state index is 0.0151. The first-order valence-corrected chi connectivity index (χ1v) is 7.99. The maximum Gasteiger partial charge on any atom is 0.253 e. The lowest BCUT2D eigenvalue weighted by atomic mass is 10.1. The first kappa shape index (κ1) is 16.0. The van der Waals surface area contributed by atoms with Crippen molar-refractivity contribution in [3.63, 3.8) is 0 Å². The number of para-hydroxylation sites is 2. The van der Waals surface area contributed by atoms with Gasteiger partial charge in [0.25, 0.3) is 5.56 Å². The minimum Gasteiger partial charge on any atom is -0.315 e. The fourth-order valence-corrected chi connectivity index (χ4v) is 2.87. The Labute approximate surface area is 141 Å². The average molecular weight is 320 g/mol. The average Bonchev–Trinajstić information content (AvgIpc) is 2.62. The normalized spacial score (nSPS) is 10.8. The molecule has 1 heterocycles. The van der Waals surface area contributed by atoms with E-state index in [2.05, 4.69) is 0 Å². The zero-order valence-electron chi connectivity index (χ0n) is 13.9. The highest BCUT2D eigenvalue weighted by Crippen LogP contribution is 2.15. The molecule has 1 amide bonds. The zero-order valence-corrected chi connectivity index (χ0v) is 13.9. The number of rotatable bonds is 4. The van der Waals surface area contributed by atoms with Crippen LogP contribution in [0.5, 0.6) is 0 Å². The van der Waals surface area contributed by atoms with E-state index in [0.29, 0.717) is 12.1 Å². The lowest BCUT2D eigenvalue weighted by molar-refractivity contribution is -0.118. The molecule has 122 valence electrons. The number of anilines is 1. The number of aromatic nitrogens is 1. The van der Waals surface area contributed by atoms with Crippen molar-refractivity contribution in [1.29, 1.82) is 0 Å². The molecule has 0 bridgehead atoms. The van der Waals surface area contributed by atoms with Crippen LogP contribution in [0.3, 0.4) is 0 Å². The van der Waals surface area contributed by atoms with Gasteiger partial charge in [-0.15, -0.1) is 0 Å². The summed E-state index contributed by atoms with van der Waals surface area (Å²) in [6, 6.07) is 19.2. The van der Waals surface area contributed by atoms with Crippen LogP contribution in [0.2, 0.25) is 0 Å². The number of amides is 1. The van der Waals surface area contributed by atoms with Crippen molar-refractivity contribution in [2.75, 3.05) is 11.9 Å². The number of hydrogen-bond donors (Lipinski definition) is 0. The molecule has 0 atom stereocenters. The van der Waals surface area contributed by atoms with E-state index >= 15 is 0 Å². The lowest BCUT2D eigenvalue weighted by Crippen LogP contribution is -2.30. The smallest absolute Gasteiger partial charge is 0.253 e. The summed E-state index contributed by atoms with van der Waals surface area (Å²) in [7, 11) is 1.76. The largest absolute Gasteiger partial charge is 0.315 e. The van der Waals surface area contributed by atoms with Crippen molar-refractivity contribution in [3.05, 3.63) is 76.6 Å². The molecule has 4 nitrogen and oxygen atoms in total. The van der Waals surface area contributed by atoms with Crippen LogP contribution < -0.4 is 10.5 Å². The fraction of sp³-hybridized carbons (Fsp3) is 0.200. The van der Waals surface area contributed by atoms with Crippen molar-refractivity contribution in [3.8, 4) is 0 Å². The maximum atomic E-state index is 12.5. The maximum absolute atomic E-state index is 12.5. The van der Waals surface area contributed by atoms with Crippen molar-refractivity contribution in [2.45, 2.75) is 19.9 Å². The molecular weight excluding hydrogens is 300 g/mol. The van der Waals surface area contributed by atoms with E-state index in [-0.39, 0.29) is 17.9 Å². The lowest BCUT2D eigenvalue weighted by Gasteiger charge is -2.18. The van der Waals surface area contributed by atoms with Crippen LogP contribution in [-0.2, 0) is 11.3 Å². The minimum atomic E-state index is -0.0381. The third-order valence-electron chi connectivity index (χ3n) is 4.25. The number of nitrogens with zero attached hydrogens (tertiary/aromatic N) is 2. The third-order valence-corrected chi connectivity index (χ3v) is 4.25. The first-order valence-electron chi connectivity index (χ1n) is 7.99. The van der Waals surface area contributed by atoms with E-state index in [0.717, 1.165) is 16.6 Å². The highest BCUT2D eigenvalue weighted by molar-refractivity contribution is 5.92. The van der Waals surface area contributed by atoms with Crippen LogP contribution in [0.1, 0.15) is 12.0 Å². The number of carbonyl (C=O) groups excluding carboxylic acids is 1. The molecule has 0 saturated carbocycles. The Balaban J connectivity index is 1.85. The number of pyridine rings is 1. The molecule has 0 aliphatic rings. The third kappa shape index (κ3) is 3.08. The van der Waals surface area contributed by atoms with Gasteiger partial charge in [-0.1, -0.05) is 36.4 Å². The zero-order chi connectivity index (χ0) is 17.1. The molecule has 3 rings (SSSR count). The van der Waals surface area contributed by atoms with Crippen LogP contribution >= 0.6 is 0 Å². The molecule has 0 aliphatic heterocycles. The standard InChI is InChI=1S/C20H20N2O2/c1-15-14-16-8-6-7-11-18(16)22(20(15)24)13-12-19(23)21(2)17-9-4-3-5-10-17/h3-11,14H,12-13H2,1-2H3. The molecule has 0 N–H and O–H groups in total. The summed E-state index contributed by atoms with van der Waals surface area (Å²) in [5.74, 6) is -0.0151. The SMILES string of the molecule is Cc1cc2ccccc2n(CCC(=O)N(C)c2ccccc2)c1=O. The second kappa shape index (κ2) is 6.71. The molecule has 0 unspecified atom stereocenters. The van der Waals surface area contributed by atoms with Gasteiger partial charge in [-0.2, -0.15) is 0 Å². The van der Waals surface area contributed by atoms with Gasteiger partial charge in [0.05, 0.1) is 5.52 Å². The Kier molecular flexibility index (Phi) is 4.47. The van der Waals surface area contributed by atoms with Crippen LogP contribution in [0.4, 0.5) is 5.69 Å². The van der Waals surface area contributed by atoms with E-state index in [1.165, 1.54) is 0 Å². The molecule has 4 heteroatoms. The summed E-state index contributed by atoms with van der Waals surface area (Å²) < 4.78 is 1.70. The predicted molar refractivity (Wildman–Crippen MR) is 97.4 cm³/mol. The van der Waals surface area contributed by atoms with Crippen molar-refractivity contribution < 1.29 is 4.79 Å². The van der Waals surface area contributed by atoms with Gasteiger partial charge in [0.15, 0.2) is 0 Å². The molecule has 1 aromatic heterocycles. The summed E-state index contributed by atoms with van der Waals surface area (Å²) >= 11 is 0. The second-order valence-electron chi connectivity index (χ2n) is 5.88. The van der Waals surface area contributed by atoms with Crippen LogP contribution in [0.15, 0.2) is 65.5 Å². The van der Waals surface area contributed by atoms with Gasteiger partial charge >= 0.3 is 0 Å². The quantitative estimate of drug-likeness (QED) is 0.740. The Morgan fingerprint density at radius 3 is 2.46 bits per heavy atom. The van der Waals surface area contributed by atoms with Crippen LogP contribution in [0, 0.1) is 6.92 Å². The van der Waals surface area contributed by atoms with Crippen molar-refractivity contribution in [1.82, 2.24) is 4.57 Å². The van der Waals surface area contributed by atoms with E-state index in [9.17, 15) is 9.59 Å². The summed E-state index contributed by atoms with van der Waals surface area (Å²) in [6.45, 7) is 2.18. The van der Waals surface area contributed by atoms with Crippen LogP contribution in [0.25, 0.3) is 10.9 Å². The molecule has 0 radical (unpaired) electrons. The predicted octanol–water partition coefficient (Wildman–Crippen LogP) is 3.36. The molecular formula is C20H20N2O2. The molecule has 0 spiro atoms. The van der Waals surface area contributed by atoms with Gasteiger partial charge in [-0.05, 0) is 36.6 Å². The number of carbonyl (C=O) groups is 1. The molecule has 0 aliphatic carbocycles. The van der Waals surface area contributed by atoms with Gasteiger partial charge in [0.1, 0.15) is 0 Å². The van der Waals surface area contributed by atoms with E-state index in [1.807, 2.05) is 67.6 Å². The Morgan fingerprint density at radius 1 is 1.04 bits per heavy atom. The molecule has 0 saturated heterocycles. The first-order chi connectivity index (χ1) is 11.6. The highest BCUT2D eigenvalue weighted by Gasteiger charge is 2.13. The topological polar surface area (TPSA) is 42.3 Å². The molecule has 3 aromatic rings. The summed E-state index contributed by atoms with van der Waals surface area (Å²) in [4.78, 5) is 26.6. The number of fused-ring (bicyclic) bond motifs is 1. The Bertz CT molecular complexity index is 929. The Morgan fingerprint density at radius 2 is 1.71 bits per heavy atom. The number of hydrogen-bond acceptors (Lipinski definition) is 2. The summed E-state index contributed by atoms with van der Waals surface area (Å²) in [5.41, 5.74) is 2.37. The number of benzene rings is 2. The summed E-state index contributed by atoms with van der Waals surface area (Å²) in [6.07, 6.45) is 0.277. The van der Waals surface area contributed by atoms with Crippen molar-refractivity contribution in [2.24, 2.45) is 0 Å². The van der Waals surface area contributed by atoms with Crippen LogP contribution in [-0.4, -0.2) is 17.5 Å². The van der Waals surface area contributed by atoms with Gasteiger partial charge in [0, 0.05) is 31.3 Å². The van der Waals surface area contributed by atoms with Gasteiger partial charge in [-0.25, -0.2) is 0 Å². The molecule has 0 fully saturated rings. The van der Waals surface area contributed by atoms with E-state index in [4.69, 9.17) is 0 Å². The summed E-state index contributed by atoms with van der Waals surface area (Å²) in [5, 5.41) is 1.01. The van der Waals surface area contributed by atoms with Crippen molar-refractivity contribution >= 4 is 22.5 Å². The van der Waals surface area contributed by atoms with E-state index < -0.39 is 0 Å². The highest BCUT2D eigenvalue weighted by atomic mass is 16.2. The molecule has 2 aromatic carbocycles. The second-order valence-corrected chi connectivity index (χ2v) is 5.88. The van der Waals surface area contributed by atoms with Gasteiger partial charge in [-0.3, -0.25) is 9.59 Å². The van der Waals surface area contributed by atoms with E-state index in [1.54, 1.807) is 16.5 Å².